The lowest BCUT2D eigenvalue weighted by Crippen LogP contribution is -2.40. The predicted molar refractivity (Wildman–Crippen MR) is 75.1 cm³/mol. The van der Waals surface area contributed by atoms with Crippen molar-refractivity contribution in [3.63, 3.8) is 0 Å². The quantitative estimate of drug-likeness (QED) is 0.825. The van der Waals surface area contributed by atoms with Gasteiger partial charge in [0, 0.05) is 26.1 Å². The molecule has 6 heteroatoms. The van der Waals surface area contributed by atoms with Crippen LogP contribution >= 0.6 is 0 Å². The van der Waals surface area contributed by atoms with E-state index in [1.165, 1.54) is 0 Å². The first-order valence-corrected chi connectivity index (χ1v) is 6.77. The lowest BCUT2D eigenvalue weighted by Gasteiger charge is -2.24. The van der Waals surface area contributed by atoms with Gasteiger partial charge in [0.15, 0.2) is 0 Å². The number of amides is 1. The molecule has 0 spiro atoms. The molecule has 0 aromatic carbocycles. The van der Waals surface area contributed by atoms with Crippen LogP contribution in [0.1, 0.15) is 32.0 Å². The number of rotatable bonds is 5. The highest BCUT2D eigenvalue weighted by atomic mass is 16.1. The number of nitrogens with one attached hydrogen (secondary N) is 1. The number of aryl methyl sites for hydroxylation is 1. The van der Waals surface area contributed by atoms with Gasteiger partial charge in [0.05, 0.1) is 0 Å². The zero-order chi connectivity index (χ0) is 13.8. The molecule has 2 rings (SSSR count). The van der Waals surface area contributed by atoms with Crippen LogP contribution in [0.4, 0.5) is 11.6 Å². The molecule has 2 heterocycles. The SMILES string of the molecule is CCCc1nc(NC)cc(N2CCCC2C(N)=O)n1. The molecule has 1 aromatic heterocycles. The van der Waals surface area contributed by atoms with E-state index in [1.807, 2.05) is 18.0 Å². The number of anilines is 2. The molecule has 1 aromatic rings. The van der Waals surface area contributed by atoms with Crippen LogP contribution in [0.2, 0.25) is 0 Å². The Kier molecular flexibility index (Phi) is 4.19. The Hall–Kier alpha value is -1.85. The number of primary amides is 1. The minimum Gasteiger partial charge on any atom is -0.373 e. The van der Waals surface area contributed by atoms with E-state index in [-0.39, 0.29) is 11.9 Å². The van der Waals surface area contributed by atoms with E-state index >= 15 is 0 Å². The van der Waals surface area contributed by atoms with Crippen molar-refractivity contribution in [1.82, 2.24) is 9.97 Å². The van der Waals surface area contributed by atoms with Gasteiger partial charge in [0.1, 0.15) is 23.5 Å². The molecule has 104 valence electrons. The van der Waals surface area contributed by atoms with Crippen LogP contribution in [0.3, 0.4) is 0 Å². The smallest absolute Gasteiger partial charge is 0.240 e. The van der Waals surface area contributed by atoms with Gasteiger partial charge in [-0.05, 0) is 19.3 Å². The fourth-order valence-electron chi connectivity index (χ4n) is 2.43. The topological polar surface area (TPSA) is 84.1 Å². The molecule has 6 nitrogen and oxygen atoms in total. The number of nitrogens with two attached hydrogens (primary N) is 1. The minimum atomic E-state index is -0.279. The van der Waals surface area contributed by atoms with E-state index in [1.54, 1.807) is 0 Å². The molecule has 0 bridgehead atoms. The highest BCUT2D eigenvalue weighted by Crippen LogP contribution is 2.25. The van der Waals surface area contributed by atoms with Crippen molar-refractivity contribution in [1.29, 1.82) is 0 Å². The molecule has 1 aliphatic heterocycles. The summed E-state index contributed by atoms with van der Waals surface area (Å²) in [5, 5.41) is 3.04. The third-order valence-electron chi connectivity index (χ3n) is 3.36. The van der Waals surface area contributed by atoms with Gasteiger partial charge < -0.3 is 16.0 Å². The number of hydrogen-bond donors (Lipinski definition) is 2. The Morgan fingerprint density at radius 2 is 2.37 bits per heavy atom. The standard InChI is InChI=1S/C13H21N5O/c1-3-5-10-16-11(15-2)8-12(17-10)18-7-4-6-9(18)13(14)19/h8-9H,3-7H2,1-2H3,(H2,14,19)(H,15,16,17). The Morgan fingerprint density at radius 1 is 1.58 bits per heavy atom. The second kappa shape index (κ2) is 5.86. The first-order valence-electron chi connectivity index (χ1n) is 6.77. The molecule has 3 N–H and O–H groups in total. The first kappa shape index (κ1) is 13.6. The van der Waals surface area contributed by atoms with Gasteiger partial charge in [0.2, 0.25) is 5.91 Å². The van der Waals surface area contributed by atoms with E-state index in [2.05, 4.69) is 22.2 Å². The molecule has 1 aliphatic rings. The molecule has 1 amide bonds. The van der Waals surface area contributed by atoms with E-state index in [0.29, 0.717) is 0 Å². The summed E-state index contributed by atoms with van der Waals surface area (Å²) < 4.78 is 0. The Morgan fingerprint density at radius 3 is 3.00 bits per heavy atom. The molecule has 0 saturated carbocycles. The fraction of sp³-hybridized carbons (Fsp3) is 0.615. The van der Waals surface area contributed by atoms with E-state index in [0.717, 1.165) is 49.7 Å². The van der Waals surface area contributed by atoms with Crippen LogP contribution in [0.5, 0.6) is 0 Å². The van der Waals surface area contributed by atoms with Crippen LogP contribution in [-0.4, -0.2) is 35.5 Å². The van der Waals surface area contributed by atoms with Crippen molar-refractivity contribution in [3.05, 3.63) is 11.9 Å². The Balaban J connectivity index is 2.32. The zero-order valence-electron chi connectivity index (χ0n) is 11.5. The maximum absolute atomic E-state index is 11.5. The summed E-state index contributed by atoms with van der Waals surface area (Å²) in [4.78, 5) is 22.4. The van der Waals surface area contributed by atoms with Crippen molar-refractivity contribution in [2.75, 3.05) is 23.8 Å². The van der Waals surface area contributed by atoms with E-state index in [4.69, 9.17) is 5.73 Å². The summed E-state index contributed by atoms with van der Waals surface area (Å²) in [6, 6.07) is 1.63. The third kappa shape index (κ3) is 2.94. The molecule has 0 radical (unpaired) electrons. The molecule has 1 atom stereocenters. The maximum Gasteiger partial charge on any atom is 0.240 e. The molecule has 19 heavy (non-hydrogen) atoms. The van der Waals surface area contributed by atoms with Gasteiger partial charge in [-0.25, -0.2) is 9.97 Å². The van der Waals surface area contributed by atoms with Crippen molar-refractivity contribution in [2.24, 2.45) is 5.73 Å². The zero-order valence-corrected chi connectivity index (χ0v) is 11.5. The first-order chi connectivity index (χ1) is 9.15. The number of carbonyl (C=O) groups excluding carboxylic acids is 1. The van der Waals surface area contributed by atoms with Crippen molar-refractivity contribution < 1.29 is 4.79 Å². The molecule has 1 fully saturated rings. The summed E-state index contributed by atoms with van der Waals surface area (Å²) in [6.07, 6.45) is 3.59. The normalized spacial score (nSPS) is 18.6. The molecule has 1 unspecified atom stereocenters. The van der Waals surface area contributed by atoms with Crippen LogP contribution in [-0.2, 0) is 11.2 Å². The van der Waals surface area contributed by atoms with Crippen LogP contribution in [0.15, 0.2) is 6.07 Å². The number of carbonyl (C=O) groups is 1. The monoisotopic (exact) mass is 263 g/mol. The molecule has 1 saturated heterocycles. The van der Waals surface area contributed by atoms with Crippen LogP contribution < -0.4 is 16.0 Å². The molecular formula is C13H21N5O. The number of hydrogen-bond acceptors (Lipinski definition) is 5. The largest absolute Gasteiger partial charge is 0.373 e. The van der Waals surface area contributed by atoms with Crippen molar-refractivity contribution in [2.45, 2.75) is 38.6 Å². The fourth-order valence-corrected chi connectivity index (χ4v) is 2.43. The van der Waals surface area contributed by atoms with Crippen LogP contribution in [0.25, 0.3) is 0 Å². The lowest BCUT2D eigenvalue weighted by atomic mass is 10.2. The summed E-state index contributed by atoms with van der Waals surface area (Å²) in [6.45, 7) is 2.91. The average molecular weight is 263 g/mol. The number of aromatic nitrogens is 2. The second-order valence-corrected chi connectivity index (χ2v) is 4.78. The number of nitrogens with zero attached hydrogens (tertiary/aromatic N) is 3. The lowest BCUT2D eigenvalue weighted by molar-refractivity contribution is -0.119. The van der Waals surface area contributed by atoms with Crippen LogP contribution in [0, 0.1) is 0 Å². The van der Waals surface area contributed by atoms with E-state index < -0.39 is 0 Å². The highest BCUT2D eigenvalue weighted by molar-refractivity contribution is 5.84. The highest BCUT2D eigenvalue weighted by Gasteiger charge is 2.30. The van der Waals surface area contributed by atoms with Crippen molar-refractivity contribution >= 4 is 17.5 Å². The third-order valence-corrected chi connectivity index (χ3v) is 3.36. The Labute approximate surface area is 113 Å². The maximum atomic E-state index is 11.5. The van der Waals surface area contributed by atoms with Gasteiger partial charge in [-0.15, -0.1) is 0 Å². The summed E-state index contributed by atoms with van der Waals surface area (Å²) >= 11 is 0. The van der Waals surface area contributed by atoms with Gasteiger partial charge >= 0.3 is 0 Å². The van der Waals surface area contributed by atoms with Crippen molar-refractivity contribution in [3.8, 4) is 0 Å². The summed E-state index contributed by atoms with van der Waals surface area (Å²) in [5.74, 6) is 2.10. The van der Waals surface area contributed by atoms with Gasteiger partial charge in [-0.1, -0.05) is 6.92 Å². The predicted octanol–water partition coefficient (Wildman–Crippen LogP) is 0.925. The summed E-state index contributed by atoms with van der Waals surface area (Å²) in [7, 11) is 1.83. The van der Waals surface area contributed by atoms with Gasteiger partial charge in [-0.3, -0.25) is 4.79 Å². The minimum absolute atomic E-state index is 0.242. The summed E-state index contributed by atoms with van der Waals surface area (Å²) in [5.41, 5.74) is 5.45. The van der Waals surface area contributed by atoms with E-state index in [9.17, 15) is 4.79 Å². The Bertz CT molecular complexity index is 462. The molecule has 0 aliphatic carbocycles. The molecular weight excluding hydrogens is 242 g/mol. The van der Waals surface area contributed by atoms with Gasteiger partial charge in [-0.2, -0.15) is 0 Å². The second-order valence-electron chi connectivity index (χ2n) is 4.78. The average Bonchev–Trinajstić information content (AvgIpc) is 2.88. The van der Waals surface area contributed by atoms with Gasteiger partial charge in [0.25, 0.3) is 0 Å².